The van der Waals surface area contributed by atoms with Crippen molar-refractivity contribution in [2.45, 2.75) is 64.5 Å². The molecule has 0 spiro atoms. The number of benzene rings is 1. The van der Waals surface area contributed by atoms with E-state index in [1.54, 1.807) is 0 Å². The first kappa shape index (κ1) is 25.2. The first-order valence-electron chi connectivity index (χ1n) is 13.4. The summed E-state index contributed by atoms with van der Waals surface area (Å²) in [4.78, 5) is 36.3. The maximum absolute atomic E-state index is 14.8. The third kappa shape index (κ3) is 5.06. The zero-order valence-corrected chi connectivity index (χ0v) is 21.5. The van der Waals surface area contributed by atoms with Gasteiger partial charge >= 0.3 is 0 Å². The van der Waals surface area contributed by atoms with Gasteiger partial charge in [0.15, 0.2) is 11.6 Å². The average Bonchev–Trinajstić information content (AvgIpc) is 3.42. The lowest BCUT2D eigenvalue weighted by Crippen LogP contribution is -2.51. The van der Waals surface area contributed by atoms with Crippen molar-refractivity contribution in [1.29, 1.82) is 0 Å². The molecule has 10 heteroatoms. The second-order valence-corrected chi connectivity index (χ2v) is 10.5. The van der Waals surface area contributed by atoms with Crippen molar-refractivity contribution in [3.8, 4) is 0 Å². The molecule has 6 bridgehead atoms. The fourth-order valence-electron chi connectivity index (χ4n) is 6.54. The van der Waals surface area contributed by atoms with E-state index >= 15 is 0 Å². The zero-order valence-electron chi connectivity index (χ0n) is 21.5. The van der Waals surface area contributed by atoms with E-state index < -0.39 is 23.7 Å². The number of hydrogen-bond donors (Lipinski definition) is 4. The molecule has 1 aromatic heterocycles. The normalized spacial score (nSPS) is 26.4. The lowest BCUT2D eigenvalue weighted by Gasteiger charge is -2.35. The molecule has 1 aliphatic heterocycles. The minimum Gasteiger partial charge on any atom is -0.371 e. The Bertz CT molecular complexity index is 1170. The van der Waals surface area contributed by atoms with E-state index in [4.69, 9.17) is 5.73 Å². The lowest BCUT2D eigenvalue weighted by atomic mass is 9.81. The predicted molar refractivity (Wildman–Crippen MR) is 141 cm³/mol. The molecule has 2 saturated carbocycles. The standard InChI is InChI=1S/C27H36FN7O2/c1-3-9-35(10-4-2)21-7-6-17-11-15(21)5-8-22(36)32-20-13-16-12-18(20)24(23(16)25(29)37)33-26-19(28)14-30-27(31-17)34-26/h6-7,11,14,16,18,20,23-24H,3-5,8-10,12-13H2,1-2H3,(H2,29,37)(H,32,36)(H2,30,31,33,34). The fraction of sp³-hybridized carbons (Fsp3) is 0.556. The molecule has 5 N–H and O–H groups in total. The summed E-state index contributed by atoms with van der Waals surface area (Å²) in [6.07, 6.45) is 5.56. The second kappa shape index (κ2) is 10.5. The molecule has 3 aliphatic rings. The summed E-state index contributed by atoms with van der Waals surface area (Å²) < 4.78 is 14.8. The van der Waals surface area contributed by atoms with Crippen LogP contribution >= 0.6 is 0 Å². The van der Waals surface area contributed by atoms with E-state index in [0.29, 0.717) is 19.3 Å². The molecule has 37 heavy (non-hydrogen) atoms. The van der Waals surface area contributed by atoms with Gasteiger partial charge in [0, 0.05) is 48.9 Å². The lowest BCUT2D eigenvalue weighted by molar-refractivity contribution is -0.124. The highest BCUT2D eigenvalue weighted by molar-refractivity contribution is 5.80. The van der Waals surface area contributed by atoms with Crippen LogP contribution in [0.5, 0.6) is 0 Å². The molecule has 5 atom stereocenters. The molecule has 0 radical (unpaired) electrons. The summed E-state index contributed by atoms with van der Waals surface area (Å²) in [7, 11) is 0. The highest BCUT2D eigenvalue weighted by atomic mass is 19.1. The number of carbonyl (C=O) groups is 2. The van der Waals surface area contributed by atoms with Gasteiger partial charge in [-0.1, -0.05) is 13.8 Å². The molecule has 2 heterocycles. The van der Waals surface area contributed by atoms with Gasteiger partial charge in [-0.05, 0) is 61.8 Å². The number of aromatic nitrogens is 2. The molecule has 198 valence electrons. The van der Waals surface area contributed by atoms with Gasteiger partial charge in [-0.3, -0.25) is 9.59 Å². The first-order chi connectivity index (χ1) is 17.9. The van der Waals surface area contributed by atoms with Gasteiger partial charge in [0.1, 0.15) is 0 Å². The molecule has 1 aromatic carbocycles. The van der Waals surface area contributed by atoms with Crippen LogP contribution in [0.15, 0.2) is 24.4 Å². The highest BCUT2D eigenvalue weighted by Gasteiger charge is 2.55. The van der Waals surface area contributed by atoms with Crippen molar-refractivity contribution in [2.75, 3.05) is 28.6 Å². The molecule has 2 amide bonds. The van der Waals surface area contributed by atoms with Crippen molar-refractivity contribution in [3.63, 3.8) is 0 Å². The molecule has 5 rings (SSSR count). The van der Waals surface area contributed by atoms with Crippen molar-refractivity contribution in [3.05, 3.63) is 35.8 Å². The quantitative estimate of drug-likeness (QED) is 0.471. The number of hydrogen-bond acceptors (Lipinski definition) is 7. The van der Waals surface area contributed by atoms with E-state index in [1.165, 1.54) is 0 Å². The number of carbonyl (C=O) groups excluding carboxylic acids is 2. The Morgan fingerprint density at radius 1 is 1.16 bits per heavy atom. The summed E-state index contributed by atoms with van der Waals surface area (Å²) in [6, 6.07) is 5.55. The van der Waals surface area contributed by atoms with Crippen LogP contribution < -0.4 is 26.6 Å². The Labute approximate surface area is 216 Å². The zero-order chi connectivity index (χ0) is 26.1. The van der Waals surface area contributed by atoms with E-state index in [9.17, 15) is 14.0 Å². The summed E-state index contributed by atoms with van der Waals surface area (Å²) >= 11 is 0. The molecule has 2 fully saturated rings. The van der Waals surface area contributed by atoms with E-state index in [0.717, 1.165) is 55.5 Å². The number of primary amides is 1. The molecular formula is C27H36FN7O2. The van der Waals surface area contributed by atoms with Crippen molar-refractivity contribution >= 4 is 35.0 Å². The summed E-state index contributed by atoms with van der Waals surface area (Å²) in [6.45, 7) is 6.19. The Balaban J connectivity index is 1.52. The molecule has 5 unspecified atom stereocenters. The molecule has 2 aliphatic carbocycles. The van der Waals surface area contributed by atoms with Gasteiger partial charge in [-0.15, -0.1) is 0 Å². The largest absolute Gasteiger partial charge is 0.371 e. The average molecular weight is 510 g/mol. The molecule has 0 saturated heterocycles. The number of nitrogens with zero attached hydrogens (tertiary/aromatic N) is 3. The van der Waals surface area contributed by atoms with Gasteiger partial charge in [0.2, 0.25) is 17.8 Å². The number of anilines is 4. The van der Waals surface area contributed by atoms with E-state index in [1.807, 2.05) is 12.1 Å². The second-order valence-electron chi connectivity index (χ2n) is 10.5. The summed E-state index contributed by atoms with van der Waals surface area (Å²) in [5.74, 6) is -1.20. The monoisotopic (exact) mass is 509 g/mol. The van der Waals surface area contributed by atoms with Crippen LogP contribution in [-0.2, 0) is 16.0 Å². The van der Waals surface area contributed by atoms with Crippen LogP contribution in [-0.4, -0.2) is 47.0 Å². The van der Waals surface area contributed by atoms with Crippen LogP contribution in [0.1, 0.15) is 51.5 Å². The van der Waals surface area contributed by atoms with E-state index in [2.05, 4.69) is 50.7 Å². The number of amides is 2. The Morgan fingerprint density at radius 3 is 2.68 bits per heavy atom. The SMILES string of the molecule is CCCN(CCC)c1ccc2cc1CCC(=O)NC1CC3CC1C(Nc1nc(ncc1F)N2)C3C(N)=O. The van der Waals surface area contributed by atoms with Gasteiger partial charge in [-0.25, -0.2) is 9.37 Å². The smallest absolute Gasteiger partial charge is 0.229 e. The van der Waals surface area contributed by atoms with Crippen LogP contribution in [0, 0.1) is 23.6 Å². The number of nitrogens with two attached hydrogens (primary N) is 1. The van der Waals surface area contributed by atoms with Crippen molar-refractivity contribution in [2.24, 2.45) is 23.5 Å². The van der Waals surface area contributed by atoms with Gasteiger partial charge in [0.25, 0.3) is 0 Å². The fourth-order valence-corrected chi connectivity index (χ4v) is 6.54. The van der Waals surface area contributed by atoms with E-state index in [-0.39, 0.29) is 35.6 Å². The topological polar surface area (TPSA) is 125 Å². The number of fused-ring (bicyclic) bond motifs is 5. The van der Waals surface area contributed by atoms with Crippen LogP contribution in [0.3, 0.4) is 0 Å². The summed E-state index contributed by atoms with van der Waals surface area (Å²) in [5, 5.41) is 9.56. The molecule has 9 nitrogen and oxygen atoms in total. The Kier molecular flexibility index (Phi) is 7.17. The van der Waals surface area contributed by atoms with Crippen LogP contribution in [0.2, 0.25) is 0 Å². The maximum atomic E-state index is 14.8. The maximum Gasteiger partial charge on any atom is 0.229 e. The third-order valence-electron chi connectivity index (χ3n) is 8.01. The highest BCUT2D eigenvalue weighted by Crippen LogP contribution is 2.49. The number of rotatable bonds is 6. The first-order valence-corrected chi connectivity index (χ1v) is 13.4. The van der Waals surface area contributed by atoms with Gasteiger partial charge in [-0.2, -0.15) is 4.98 Å². The predicted octanol–water partition coefficient (Wildman–Crippen LogP) is 3.34. The Hall–Kier alpha value is -3.43. The summed E-state index contributed by atoms with van der Waals surface area (Å²) in [5.41, 5.74) is 8.71. The number of aryl methyl sites for hydroxylation is 1. The van der Waals surface area contributed by atoms with Gasteiger partial charge < -0.3 is 26.6 Å². The van der Waals surface area contributed by atoms with Gasteiger partial charge in [0.05, 0.1) is 12.1 Å². The van der Waals surface area contributed by atoms with Crippen LogP contribution in [0.25, 0.3) is 0 Å². The molecule has 2 aromatic rings. The number of halogens is 1. The minimum atomic E-state index is -0.604. The minimum absolute atomic E-state index is 0.0184. The van der Waals surface area contributed by atoms with Crippen molar-refractivity contribution < 1.29 is 14.0 Å². The van der Waals surface area contributed by atoms with Crippen molar-refractivity contribution in [1.82, 2.24) is 15.3 Å². The van der Waals surface area contributed by atoms with Crippen LogP contribution in [0.4, 0.5) is 27.5 Å². The third-order valence-corrected chi connectivity index (χ3v) is 8.01. The Morgan fingerprint density at radius 2 is 1.95 bits per heavy atom. The molecular weight excluding hydrogens is 473 g/mol. The number of nitrogens with one attached hydrogen (secondary N) is 3.